The van der Waals surface area contributed by atoms with Gasteiger partial charge in [-0.05, 0) is 74.2 Å². The Morgan fingerprint density at radius 3 is 2.19 bits per heavy atom. The molecule has 3 aromatic carbocycles. The van der Waals surface area contributed by atoms with E-state index >= 15 is 0 Å². The van der Waals surface area contributed by atoms with Gasteiger partial charge >= 0.3 is 0 Å². The van der Waals surface area contributed by atoms with Gasteiger partial charge in [0.25, 0.3) is 0 Å². The van der Waals surface area contributed by atoms with E-state index in [4.69, 9.17) is 9.47 Å². The Morgan fingerprint density at radius 2 is 1.54 bits per heavy atom. The minimum absolute atomic E-state index is 0.230. The summed E-state index contributed by atoms with van der Waals surface area (Å²) in [4.78, 5) is 5.07. The summed E-state index contributed by atoms with van der Waals surface area (Å²) in [6.45, 7) is 14.9. The highest BCUT2D eigenvalue weighted by molar-refractivity contribution is 14.1. The van der Waals surface area contributed by atoms with Crippen molar-refractivity contribution in [1.29, 1.82) is 0 Å². The number of hydrogen-bond acceptors (Lipinski definition) is 5. The third kappa shape index (κ3) is 5.41. The number of nitrogens with zero attached hydrogens (tertiary/aromatic N) is 3. The van der Waals surface area contributed by atoms with Crippen LogP contribution in [0.2, 0.25) is 0 Å². The van der Waals surface area contributed by atoms with E-state index in [0.717, 1.165) is 57.2 Å². The summed E-state index contributed by atoms with van der Waals surface area (Å²) in [7, 11) is 1.72. The Balaban J connectivity index is 1.30. The van der Waals surface area contributed by atoms with Gasteiger partial charge in [0.15, 0.2) is 0 Å². The van der Waals surface area contributed by atoms with E-state index in [1.54, 1.807) is 7.11 Å². The van der Waals surface area contributed by atoms with Crippen LogP contribution in [0.4, 0.5) is 11.4 Å². The molecular weight excluding hydrogens is 573 g/mol. The minimum atomic E-state index is -0.230. The molecule has 6 heteroatoms. The molecule has 0 bridgehead atoms. The number of ether oxygens (including phenoxy) is 2. The zero-order valence-electron chi connectivity index (χ0n) is 22.7. The van der Waals surface area contributed by atoms with Gasteiger partial charge in [0.05, 0.1) is 7.11 Å². The number of fused-ring (bicyclic) bond motifs is 1. The van der Waals surface area contributed by atoms with Crippen molar-refractivity contribution < 1.29 is 9.47 Å². The predicted octanol–water partition coefficient (Wildman–Crippen LogP) is 6.49. The fourth-order valence-corrected chi connectivity index (χ4v) is 7.04. The molecule has 3 aromatic rings. The zero-order valence-corrected chi connectivity index (χ0v) is 24.8. The molecule has 0 amide bonds. The Kier molecular flexibility index (Phi) is 7.59. The molecule has 1 saturated heterocycles. The summed E-state index contributed by atoms with van der Waals surface area (Å²) in [6.07, 6.45) is 0.947. The van der Waals surface area contributed by atoms with Gasteiger partial charge in [-0.15, -0.1) is 0 Å². The first-order chi connectivity index (χ1) is 17.8. The number of benzene rings is 3. The van der Waals surface area contributed by atoms with Crippen molar-refractivity contribution in [3.8, 4) is 11.5 Å². The zero-order chi connectivity index (χ0) is 26.2. The Bertz CT molecular complexity index is 1240. The van der Waals surface area contributed by atoms with Gasteiger partial charge in [-0.3, -0.25) is 0 Å². The van der Waals surface area contributed by atoms with Crippen molar-refractivity contribution in [3.63, 3.8) is 0 Å². The van der Waals surface area contributed by atoms with Crippen LogP contribution in [0.15, 0.2) is 54.6 Å². The summed E-state index contributed by atoms with van der Waals surface area (Å²) in [5.41, 5.74) is 9.21. The van der Waals surface area contributed by atoms with E-state index in [0.29, 0.717) is 0 Å². The second kappa shape index (κ2) is 10.7. The molecule has 2 aliphatic rings. The van der Waals surface area contributed by atoms with Crippen LogP contribution in [-0.4, -0.2) is 48.5 Å². The van der Waals surface area contributed by atoms with Gasteiger partial charge in [-0.1, -0.05) is 30.3 Å². The van der Waals surface area contributed by atoms with Gasteiger partial charge in [0, 0.05) is 85.5 Å². The fourth-order valence-electron chi connectivity index (χ4n) is 5.92. The van der Waals surface area contributed by atoms with Gasteiger partial charge in [0.1, 0.15) is 17.1 Å². The third-order valence-corrected chi connectivity index (χ3v) is 8.66. The molecule has 0 spiro atoms. The van der Waals surface area contributed by atoms with Gasteiger partial charge in [0.2, 0.25) is 0 Å². The maximum atomic E-state index is 6.75. The molecule has 0 aliphatic carbocycles. The number of hydrogen-bond donors (Lipinski definition) is 0. The Hall–Kier alpha value is -2.45. The summed E-state index contributed by atoms with van der Waals surface area (Å²) < 4.78 is 14.4. The molecule has 0 radical (unpaired) electrons. The summed E-state index contributed by atoms with van der Waals surface area (Å²) in [6, 6.07) is 19.1. The summed E-state index contributed by atoms with van der Waals surface area (Å²) >= 11 is 2.45. The van der Waals surface area contributed by atoms with Gasteiger partial charge < -0.3 is 19.3 Å². The first kappa shape index (κ1) is 26.2. The number of piperazine rings is 1. The van der Waals surface area contributed by atoms with Crippen LogP contribution < -0.4 is 19.3 Å². The van der Waals surface area contributed by atoms with Crippen LogP contribution in [0.3, 0.4) is 0 Å². The van der Waals surface area contributed by atoms with Crippen LogP contribution in [0.25, 0.3) is 0 Å². The van der Waals surface area contributed by atoms with Crippen molar-refractivity contribution >= 4 is 34.2 Å². The number of rotatable bonds is 7. The molecule has 37 heavy (non-hydrogen) atoms. The highest BCUT2D eigenvalue weighted by Crippen LogP contribution is 2.46. The molecule has 0 unspecified atom stereocenters. The molecule has 196 valence electrons. The van der Waals surface area contributed by atoms with Crippen molar-refractivity contribution in [1.82, 2.24) is 3.11 Å². The monoisotopic (exact) mass is 611 g/mol. The summed E-state index contributed by atoms with van der Waals surface area (Å²) in [5.74, 6) is 2.02. The largest absolute Gasteiger partial charge is 0.497 e. The third-order valence-electron chi connectivity index (χ3n) is 7.98. The smallest absolute Gasteiger partial charge is 0.127 e. The molecule has 0 aromatic heterocycles. The lowest BCUT2D eigenvalue weighted by atomic mass is 9.91. The minimum Gasteiger partial charge on any atom is -0.497 e. The van der Waals surface area contributed by atoms with Gasteiger partial charge in [-0.25, -0.2) is 3.11 Å². The highest BCUT2D eigenvalue weighted by Gasteiger charge is 2.40. The lowest BCUT2D eigenvalue weighted by molar-refractivity contribution is 0.0961. The second-order valence-corrected chi connectivity index (χ2v) is 12.1. The molecule has 5 nitrogen and oxygen atoms in total. The van der Waals surface area contributed by atoms with E-state index in [9.17, 15) is 0 Å². The number of halogens is 1. The van der Waals surface area contributed by atoms with Gasteiger partial charge in [-0.2, -0.15) is 0 Å². The number of methoxy groups -OCH3 is 1. The summed E-state index contributed by atoms with van der Waals surface area (Å²) in [5, 5.41) is 0. The van der Waals surface area contributed by atoms with E-state index in [1.807, 2.05) is 12.1 Å². The molecule has 2 heterocycles. The van der Waals surface area contributed by atoms with Crippen molar-refractivity contribution in [2.75, 3.05) is 49.6 Å². The molecule has 0 N–H and O–H groups in total. The molecule has 1 atom stereocenters. The molecular formula is C31H38IN3O2. The fraction of sp³-hybridized carbons (Fsp3) is 0.419. The number of anilines is 2. The Labute approximate surface area is 235 Å². The van der Waals surface area contributed by atoms with E-state index in [1.165, 1.54) is 39.2 Å². The predicted molar refractivity (Wildman–Crippen MR) is 162 cm³/mol. The van der Waals surface area contributed by atoms with E-state index in [2.05, 4.69) is 106 Å². The molecule has 5 rings (SSSR count). The topological polar surface area (TPSA) is 28.2 Å². The molecule has 2 aliphatic heterocycles. The quantitative estimate of drug-likeness (QED) is 0.225. The maximum absolute atomic E-state index is 6.75. The van der Waals surface area contributed by atoms with Crippen LogP contribution in [0.5, 0.6) is 11.5 Å². The standard InChI is InChI=1S/C31H38IN3O2/c1-22-23(2)30-28(19-31(4,37-30)21-35(32)20-25-9-7-6-8-10-25)24(3)29(22)34-17-15-33(16-18-34)26-11-13-27(36-5)14-12-26/h6-14H,15-21H2,1-5H3/t31-/m1/s1. The van der Waals surface area contributed by atoms with Crippen LogP contribution in [0.1, 0.15) is 34.7 Å². The Morgan fingerprint density at radius 1 is 0.892 bits per heavy atom. The first-order valence-corrected chi connectivity index (χ1v) is 14.1. The normalized spacial score (nSPS) is 19.2. The van der Waals surface area contributed by atoms with Crippen LogP contribution in [0, 0.1) is 20.8 Å². The van der Waals surface area contributed by atoms with Crippen LogP contribution in [-0.2, 0) is 13.0 Å². The SMILES string of the molecule is COc1ccc(N2CCN(c3c(C)c(C)c4c(c3C)C[C@](C)(CN(I)Cc3ccccc3)O4)CC2)cc1. The second-order valence-electron chi connectivity index (χ2n) is 10.7. The molecule has 0 saturated carbocycles. The van der Waals surface area contributed by atoms with Crippen molar-refractivity contribution in [3.05, 3.63) is 82.4 Å². The first-order valence-electron chi connectivity index (χ1n) is 13.2. The average Bonchev–Trinajstić information content (AvgIpc) is 3.26. The van der Waals surface area contributed by atoms with E-state index < -0.39 is 0 Å². The average molecular weight is 612 g/mol. The van der Waals surface area contributed by atoms with Crippen molar-refractivity contribution in [2.24, 2.45) is 0 Å². The lowest BCUT2D eigenvalue weighted by Crippen LogP contribution is -2.47. The maximum Gasteiger partial charge on any atom is 0.127 e. The van der Waals surface area contributed by atoms with Crippen LogP contribution >= 0.6 is 22.9 Å². The van der Waals surface area contributed by atoms with Crippen molar-refractivity contribution in [2.45, 2.75) is 46.3 Å². The highest BCUT2D eigenvalue weighted by atomic mass is 127. The lowest BCUT2D eigenvalue weighted by Gasteiger charge is -2.39. The molecule has 1 fully saturated rings. The van der Waals surface area contributed by atoms with E-state index in [-0.39, 0.29) is 5.60 Å².